The van der Waals surface area contributed by atoms with Crippen LogP contribution in [-0.4, -0.2) is 6.61 Å². The molecule has 0 aromatic heterocycles. The zero-order chi connectivity index (χ0) is 12.7. The van der Waals surface area contributed by atoms with Gasteiger partial charge in [0, 0.05) is 5.88 Å². The number of hydrogen-bond acceptors (Lipinski definition) is 2. The molecule has 0 spiro atoms. The first-order valence-electron chi connectivity index (χ1n) is 5.76. The molecule has 0 atom stereocenters. The van der Waals surface area contributed by atoms with Crippen molar-refractivity contribution in [2.75, 3.05) is 6.61 Å². The summed E-state index contributed by atoms with van der Waals surface area (Å²) in [5.74, 6) is 1.38. The third-order valence-corrected chi connectivity index (χ3v) is 2.90. The lowest BCUT2D eigenvalue weighted by Crippen LogP contribution is -2.10. The molecule has 1 aromatic carbocycles. The van der Waals surface area contributed by atoms with E-state index in [1.165, 1.54) is 0 Å². The molecule has 2 nitrogen and oxygen atoms in total. The van der Waals surface area contributed by atoms with Crippen LogP contribution in [0.15, 0.2) is 24.3 Å². The summed E-state index contributed by atoms with van der Waals surface area (Å²) in [6.45, 7) is 4.54. The Bertz CT molecular complexity index is 378. The predicted molar refractivity (Wildman–Crippen MR) is 70.1 cm³/mol. The molecule has 92 valence electrons. The Morgan fingerprint density at radius 1 is 1.29 bits per heavy atom. The lowest BCUT2D eigenvalue weighted by Gasteiger charge is -2.14. The average molecular weight is 252 g/mol. The minimum Gasteiger partial charge on any atom is -0.494 e. The molecule has 0 saturated carbocycles. The summed E-state index contributed by atoms with van der Waals surface area (Å²) in [4.78, 5) is 0. The maximum Gasteiger partial charge on any atom is 0.119 e. The molecule has 0 aliphatic carbocycles. The van der Waals surface area contributed by atoms with E-state index in [0.29, 0.717) is 12.5 Å². The van der Waals surface area contributed by atoms with Gasteiger partial charge in [-0.3, -0.25) is 0 Å². The first kappa shape index (κ1) is 13.9. The number of nitriles is 1. The Balaban J connectivity index is 2.29. The Kier molecular flexibility index (Phi) is 5.31. The number of halogens is 1. The molecule has 0 N–H and O–H groups in total. The molecule has 0 fully saturated rings. The lowest BCUT2D eigenvalue weighted by molar-refractivity contribution is 0.284. The average Bonchev–Trinajstić information content (AvgIpc) is 2.35. The summed E-state index contributed by atoms with van der Waals surface area (Å²) in [5, 5.41) is 8.86. The molecule has 0 aliphatic heterocycles. The van der Waals surface area contributed by atoms with Gasteiger partial charge in [0.05, 0.1) is 18.1 Å². The monoisotopic (exact) mass is 251 g/mol. The van der Waals surface area contributed by atoms with Crippen LogP contribution in [0.4, 0.5) is 0 Å². The molecule has 1 aromatic rings. The minimum absolute atomic E-state index is 0.258. The SMILES string of the molecule is CC(C)(C#N)CCCOc1ccc(CCl)cc1. The molecule has 0 saturated heterocycles. The summed E-state index contributed by atoms with van der Waals surface area (Å²) in [6.07, 6.45) is 1.74. The summed E-state index contributed by atoms with van der Waals surface area (Å²) in [7, 11) is 0. The quantitative estimate of drug-likeness (QED) is 0.562. The minimum atomic E-state index is -0.258. The van der Waals surface area contributed by atoms with Gasteiger partial charge in [0.15, 0.2) is 0 Å². The van der Waals surface area contributed by atoms with E-state index in [2.05, 4.69) is 6.07 Å². The highest BCUT2D eigenvalue weighted by atomic mass is 35.5. The second-order valence-corrected chi connectivity index (χ2v) is 4.99. The number of rotatable bonds is 6. The van der Waals surface area contributed by atoms with Crippen molar-refractivity contribution in [1.82, 2.24) is 0 Å². The van der Waals surface area contributed by atoms with E-state index in [9.17, 15) is 0 Å². The molecule has 0 unspecified atom stereocenters. The first-order chi connectivity index (χ1) is 8.07. The van der Waals surface area contributed by atoms with Crippen molar-refractivity contribution in [2.24, 2.45) is 5.41 Å². The van der Waals surface area contributed by atoms with Crippen molar-refractivity contribution >= 4 is 11.6 Å². The summed E-state index contributed by atoms with van der Waals surface area (Å²) < 4.78 is 5.59. The van der Waals surface area contributed by atoms with Gasteiger partial charge >= 0.3 is 0 Å². The van der Waals surface area contributed by atoms with Gasteiger partial charge in [-0.2, -0.15) is 5.26 Å². The van der Waals surface area contributed by atoms with E-state index >= 15 is 0 Å². The lowest BCUT2D eigenvalue weighted by atomic mass is 9.90. The van der Waals surface area contributed by atoms with Crippen LogP contribution in [0.25, 0.3) is 0 Å². The highest BCUT2D eigenvalue weighted by molar-refractivity contribution is 6.17. The van der Waals surface area contributed by atoms with Crippen LogP contribution in [0.2, 0.25) is 0 Å². The molecule has 1 rings (SSSR count). The van der Waals surface area contributed by atoms with Crippen LogP contribution < -0.4 is 4.74 Å². The van der Waals surface area contributed by atoms with Crippen LogP contribution >= 0.6 is 11.6 Å². The number of alkyl halides is 1. The molecular formula is C14H18ClNO. The number of hydrogen-bond donors (Lipinski definition) is 0. The molecule has 17 heavy (non-hydrogen) atoms. The normalized spacial score (nSPS) is 10.9. The zero-order valence-corrected chi connectivity index (χ0v) is 11.1. The molecule has 3 heteroatoms. The molecule has 0 bridgehead atoms. The van der Waals surface area contributed by atoms with E-state index < -0.39 is 0 Å². The van der Waals surface area contributed by atoms with E-state index in [1.54, 1.807) is 0 Å². The van der Waals surface area contributed by atoms with Crippen molar-refractivity contribution in [3.05, 3.63) is 29.8 Å². The third-order valence-electron chi connectivity index (χ3n) is 2.60. The van der Waals surface area contributed by atoms with E-state index in [-0.39, 0.29) is 5.41 Å². The molecule has 0 heterocycles. The largest absolute Gasteiger partial charge is 0.494 e. The molecule has 0 amide bonds. The van der Waals surface area contributed by atoms with Gasteiger partial charge in [0.1, 0.15) is 5.75 Å². The van der Waals surface area contributed by atoms with Gasteiger partial charge in [-0.1, -0.05) is 12.1 Å². The van der Waals surface area contributed by atoms with Crippen molar-refractivity contribution < 1.29 is 4.74 Å². The van der Waals surface area contributed by atoms with Gasteiger partial charge in [-0.05, 0) is 44.4 Å². The fraction of sp³-hybridized carbons (Fsp3) is 0.500. The van der Waals surface area contributed by atoms with Gasteiger partial charge in [0.25, 0.3) is 0 Å². The van der Waals surface area contributed by atoms with Crippen molar-refractivity contribution in [1.29, 1.82) is 5.26 Å². The first-order valence-corrected chi connectivity index (χ1v) is 6.30. The molecular weight excluding hydrogens is 234 g/mol. The zero-order valence-electron chi connectivity index (χ0n) is 10.4. The van der Waals surface area contributed by atoms with E-state index in [0.717, 1.165) is 24.2 Å². The summed E-state index contributed by atoms with van der Waals surface area (Å²) in [5.41, 5.74) is 0.830. The molecule has 0 aliphatic rings. The Morgan fingerprint density at radius 3 is 2.47 bits per heavy atom. The smallest absolute Gasteiger partial charge is 0.119 e. The number of nitrogens with zero attached hydrogens (tertiary/aromatic N) is 1. The highest BCUT2D eigenvalue weighted by Gasteiger charge is 2.15. The van der Waals surface area contributed by atoms with Crippen molar-refractivity contribution in [2.45, 2.75) is 32.6 Å². The number of ether oxygens (including phenoxy) is 1. The Morgan fingerprint density at radius 2 is 1.94 bits per heavy atom. The second-order valence-electron chi connectivity index (χ2n) is 4.73. The topological polar surface area (TPSA) is 33.0 Å². The van der Waals surface area contributed by atoms with Gasteiger partial charge in [0.2, 0.25) is 0 Å². The van der Waals surface area contributed by atoms with Gasteiger partial charge in [-0.25, -0.2) is 0 Å². The van der Waals surface area contributed by atoms with Gasteiger partial charge < -0.3 is 4.74 Å². The van der Waals surface area contributed by atoms with E-state index in [4.69, 9.17) is 21.6 Å². The maximum atomic E-state index is 8.86. The fourth-order valence-corrected chi connectivity index (χ4v) is 1.61. The maximum absolute atomic E-state index is 8.86. The number of benzene rings is 1. The van der Waals surface area contributed by atoms with Crippen LogP contribution in [0.1, 0.15) is 32.3 Å². The van der Waals surface area contributed by atoms with Crippen molar-refractivity contribution in [3.63, 3.8) is 0 Å². The van der Waals surface area contributed by atoms with Crippen LogP contribution in [0.3, 0.4) is 0 Å². The third kappa shape index (κ3) is 5.10. The van der Waals surface area contributed by atoms with E-state index in [1.807, 2.05) is 38.1 Å². The van der Waals surface area contributed by atoms with Crippen LogP contribution in [-0.2, 0) is 5.88 Å². The second kappa shape index (κ2) is 6.51. The van der Waals surface area contributed by atoms with Crippen LogP contribution in [0.5, 0.6) is 5.75 Å². The van der Waals surface area contributed by atoms with Crippen LogP contribution in [0, 0.1) is 16.7 Å². The Hall–Kier alpha value is -1.20. The van der Waals surface area contributed by atoms with Gasteiger partial charge in [-0.15, -0.1) is 11.6 Å². The standard InChI is InChI=1S/C14H18ClNO/c1-14(2,11-16)8-3-9-17-13-6-4-12(10-15)5-7-13/h4-7H,3,8-10H2,1-2H3. The summed E-state index contributed by atoms with van der Waals surface area (Å²) in [6, 6.07) is 10.1. The Labute approximate surface area is 108 Å². The van der Waals surface area contributed by atoms with Crippen molar-refractivity contribution in [3.8, 4) is 11.8 Å². The summed E-state index contributed by atoms with van der Waals surface area (Å²) >= 11 is 5.70. The highest BCUT2D eigenvalue weighted by Crippen LogP contribution is 2.21. The predicted octanol–water partition coefficient (Wildman–Crippen LogP) is 4.13. The molecule has 0 radical (unpaired) electrons. The fourth-order valence-electron chi connectivity index (χ4n) is 1.43.